The van der Waals surface area contributed by atoms with Gasteiger partial charge >= 0.3 is 0 Å². The van der Waals surface area contributed by atoms with Gasteiger partial charge in [0.1, 0.15) is 0 Å². The average molecular weight is 386 g/mol. The van der Waals surface area contributed by atoms with Gasteiger partial charge in [-0.05, 0) is 24.0 Å². The van der Waals surface area contributed by atoms with E-state index in [2.05, 4.69) is 64.2 Å². The lowest BCUT2D eigenvalue weighted by Gasteiger charge is -2.20. The minimum atomic E-state index is -2.90. The SMILES string of the molecule is CN=C(NCCC(c1ccccc1)c1ccccc1)NC1CCS(=O)(=O)C1. The van der Waals surface area contributed by atoms with Crippen LogP contribution < -0.4 is 10.6 Å². The second-order valence-electron chi connectivity index (χ2n) is 6.91. The number of nitrogens with one attached hydrogen (secondary N) is 2. The first-order valence-corrected chi connectivity index (χ1v) is 11.2. The number of hydrogen-bond acceptors (Lipinski definition) is 3. The number of sulfone groups is 1. The van der Waals surface area contributed by atoms with Crippen LogP contribution in [0.5, 0.6) is 0 Å². The van der Waals surface area contributed by atoms with Crippen molar-refractivity contribution in [3.05, 3.63) is 71.8 Å². The van der Waals surface area contributed by atoms with E-state index in [-0.39, 0.29) is 17.5 Å². The molecule has 1 atom stereocenters. The molecule has 2 N–H and O–H groups in total. The molecule has 1 unspecified atom stereocenters. The second-order valence-corrected chi connectivity index (χ2v) is 9.13. The Morgan fingerprint density at radius 3 is 2.15 bits per heavy atom. The van der Waals surface area contributed by atoms with Gasteiger partial charge in [-0.3, -0.25) is 4.99 Å². The molecule has 27 heavy (non-hydrogen) atoms. The molecule has 1 fully saturated rings. The summed E-state index contributed by atoms with van der Waals surface area (Å²) in [6.45, 7) is 0.744. The molecule has 0 aromatic heterocycles. The highest BCUT2D eigenvalue weighted by Gasteiger charge is 2.28. The number of benzene rings is 2. The Balaban J connectivity index is 1.60. The molecular formula is C21H27N3O2S. The van der Waals surface area contributed by atoms with Gasteiger partial charge in [0.2, 0.25) is 0 Å². The summed E-state index contributed by atoms with van der Waals surface area (Å²) < 4.78 is 23.3. The van der Waals surface area contributed by atoms with E-state index >= 15 is 0 Å². The Morgan fingerprint density at radius 2 is 1.67 bits per heavy atom. The van der Waals surface area contributed by atoms with Crippen LogP contribution in [0.25, 0.3) is 0 Å². The van der Waals surface area contributed by atoms with Crippen molar-refractivity contribution in [2.75, 3.05) is 25.1 Å². The summed E-state index contributed by atoms with van der Waals surface area (Å²) in [7, 11) is -1.19. The van der Waals surface area contributed by atoms with E-state index in [4.69, 9.17) is 0 Å². The minimum Gasteiger partial charge on any atom is -0.356 e. The number of rotatable bonds is 6. The maximum atomic E-state index is 11.6. The first kappa shape index (κ1) is 19.4. The zero-order chi connectivity index (χ0) is 19.1. The third kappa shape index (κ3) is 5.57. The molecule has 2 aromatic carbocycles. The molecule has 1 saturated heterocycles. The second kappa shape index (κ2) is 9.04. The summed E-state index contributed by atoms with van der Waals surface area (Å²) in [6, 6.07) is 20.9. The molecule has 0 spiro atoms. The van der Waals surface area contributed by atoms with Crippen LogP contribution in [-0.4, -0.2) is 45.5 Å². The van der Waals surface area contributed by atoms with E-state index in [9.17, 15) is 8.42 Å². The van der Waals surface area contributed by atoms with Gasteiger partial charge in [0.25, 0.3) is 0 Å². The van der Waals surface area contributed by atoms with Crippen LogP contribution in [0.1, 0.15) is 29.9 Å². The normalized spacial score (nSPS) is 19.2. The van der Waals surface area contributed by atoms with E-state index in [1.165, 1.54) is 11.1 Å². The van der Waals surface area contributed by atoms with Gasteiger partial charge < -0.3 is 10.6 Å². The lowest BCUT2D eigenvalue weighted by Crippen LogP contribution is -2.44. The maximum absolute atomic E-state index is 11.6. The van der Waals surface area contributed by atoms with Crippen molar-refractivity contribution in [3.63, 3.8) is 0 Å². The molecule has 1 heterocycles. The average Bonchev–Trinajstić information content (AvgIpc) is 3.04. The molecule has 3 rings (SSSR count). The number of nitrogens with zero attached hydrogens (tertiary/aromatic N) is 1. The Hall–Kier alpha value is -2.34. The van der Waals surface area contributed by atoms with E-state index in [1.807, 2.05) is 12.1 Å². The molecule has 5 nitrogen and oxygen atoms in total. The van der Waals surface area contributed by atoms with Crippen molar-refractivity contribution in [3.8, 4) is 0 Å². The molecule has 0 saturated carbocycles. The molecule has 2 aromatic rings. The Kier molecular flexibility index (Phi) is 6.50. The van der Waals surface area contributed by atoms with Gasteiger partial charge in [-0.25, -0.2) is 8.42 Å². The van der Waals surface area contributed by atoms with Crippen molar-refractivity contribution in [1.82, 2.24) is 10.6 Å². The van der Waals surface area contributed by atoms with Crippen molar-refractivity contribution in [1.29, 1.82) is 0 Å². The van der Waals surface area contributed by atoms with Crippen LogP contribution in [0.3, 0.4) is 0 Å². The van der Waals surface area contributed by atoms with Gasteiger partial charge in [0.15, 0.2) is 15.8 Å². The predicted molar refractivity (Wildman–Crippen MR) is 111 cm³/mol. The molecule has 0 amide bonds. The summed E-state index contributed by atoms with van der Waals surface area (Å²) in [5.41, 5.74) is 2.57. The van der Waals surface area contributed by atoms with E-state index in [0.717, 1.165) is 13.0 Å². The van der Waals surface area contributed by atoms with Gasteiger partial charge in [-0.1, -0.05) is 60.7 Å². The number of aliphatic imine (C=N–C) groups is 1. The maximum Gasteiger partial charge on any atom is 0.191 e. The van der Waals surface area contributed by atoms with Crippen LogP contribution >= 0.6 is 0 Å². The molecule has 1 aliphatic heterocycles. The lowest BCUT2D eigenvalue weighted by atomic mass is 9.88. The quantitative estimate of drug-likeness (QED) is 0.592. The summed E-state index contributed by atoms with van der Waals surface area (Å²) in [6.07, 6.45) is 1.55. The smallest absolute Gasteiger partial charge is 0.191 e. The third-order valence-electron chi connectivity index (χ3n) is 4.93. The Bertz CT molecular complexity index is 812. The van der Waals surface area contributed by atoms with Gasteiger partial charge in [-0.15, -0.1) is 0 Å². The zero-order valence-electron chi connectivity index (χ0n) is 15.6. The van der Waals surface area contributed by atoms with Crippen molar-refractivity contribution < 1.29 is 8.42 Å². The molecule has 6 heteroatoms. The fourth-order valence-electron chi connectivity index (χ4n) is 3.53. The fourth-order valence-corrected chi connectivity index (χ4v) is 5.20. The minimum absolute atomic E-state index is 0.0553. The van der Waals surface area contributed by atoms with Crippen molar-refractivity contribution in [2.24, 2.45) is 4.99 Å². The van der Waals surface area contributed by atoms with Crippen LogP contribution in [0.15, 0.2) is 65.7 Å². The topological polar surface area (TPSA) is 70.6 Å². The summed E-state index contributed by atoms with van der Waals surface area (Å²) in [5.74, 6) is 1.40. The Labute approximate surface area is 161 Å². The highest BCUT2D eigenvalue weighted by molar-refractivity contribution is 7.91. The van der Waals surface area contributed by atoms with Crippen molar-refractivity contribution >= 4 is 15.8 Å². The van der Waals surface area contributed by atoms with Gasteiger partial charge in [-0.2, -0.15) is 0 Å². The van der Waals surface area contributed by atoms with Crippen LogP contribution in [0, 0.1) is 0 Å². The Morgan fingerprint density at radius 1 is 1.07 bits per heavy atom. The van der Waals surface area contributed by atoms with Gasteiger partial charge in [0.05, 0.1) is 11.5 Å². The largest absolute Gasteiger partial charge is 0.356 e. The van der Waals surface area contributed by atoms with Gasteiger partial charge in [0, 0.05) is 25.6 Å². The number of hydrogen-bond donors (Lipinski definition) is 2. The van der Waals surface area contributed by atoms with E-state index in [1.54, 1.807) is 7.05 Å². The third-order valence-corrected chi connectivity index (χ3v) is 6.69. The van der Waals surface area contributed by atoms with Crippen molar-refractivity contribution in [2.45, 2.75) is 24.8 Å². The summed E-state index contributed by atoms with van der Waals surface area (Å²) >= 11 is 0. The fraction of sp³-hybridized carbons (Fsp3) is 0.381. The van der Waals surface area contributed by atoms with Crippen LogP contribution in [0.4, 0.5) is 0 Å². The summed E-state index contributed by atoms with van der Waals surface area (Å²) in [5, 5.41) is 6.57. The standard InChI is InChI=1S/C21H27N3O2S/c1-22-21(24-19-13-15-27(25,26)16-19)23-14-12-20(17-8-4-2-5-9-17)18-10-6-3-7-11-18/h2-11,19-20H,12-16H2,1H3,(H2,22,23,24). The lowest BCUT2D eigenvalue weighted by molar-refractivity contribution is 0.599. The molecule has 0 aliphatic carbocycles. The molecule has 144 valence electrons. The monoisotopic (exact) mass is 385 g/mol. The van der Waals surface area contributed by atoms with E-state index in [0.29, 0.717) is 18.3 Å². The van der Waals surface area contributed by atoms with E-state index < -0.39 is 9.84 Å². The first-order chi connectivity index (χ1) is 13.1. The molecule has 0 radical (unpaired) electrons. The molecular weight excluding hydrogens is 358 g/mol. The van der Waals surface area contributed by atoms with Crippen LogP contribution in [-0.2, 0) is 9.84 Å². The first-order valence-electron chi connectivity index (χ1n) is 9.35. The zero-order valence-corrected chi connectivity index (χ0v) is 16.5. The summed E-state index contributed by atoms with van der Waals surface area (Å²) in [4.78, 5) is 4.24. The predicted octanol–water partition coefficient (Wildman–Crippen LogP) is 2.56. The number of guanidine groups is 1. The highest BCUT2D eigenvalue weighted by atomic mass is 32.2. The molecule has 0 bridgehead atoms. The highest BCUT2D eigenvalue weighted by Crippen LogP contribution is 2.27. The van der Waals surface area contributed by atoms with Crippen LogP contribution in [0.2, 0.25) is 0 Å². The molecule has 1 aliphatic rings.